The van der Waals surface area contributed by atoms with Gasteiger partial charge in [-0.25, -0.2) is 0 Å². The van der Waals surface area contributed by atoms with Crippen molar-refractivity contribution in [2.75, 3.05) is 33.3 Å². The van der Waals surface area contributed by atoms with Gasteiger partial charge in [0.25, 0.3) is 0 Å². The second-order valence-electron chi connectivity index (χ2n) is 5.22. The second-order valence-corrected chi connectivity index (χ2v) is 5.63. The maximum atomic E-state index is 9.89. The van der Waals surface area contributed by atoms with Crippen molar-refractivity contribution >= 4 is 11.6 Å². The van der Waals surface area contributed by atoms with Crippen LogP contribution in [-0.2, 0) is 0 Å². The first-order chi connectivity index (χ1) is 10.2. The predicted molar refractivity (Wildman–Crippen MR) is 86.3 cm³/mol. The largest absolute Gasteiger partial charge is 0.503 e. The number of benzene rings is 1. The molecular formula is C16H23ClN2O2. The number of phenols is 1. The van der Waals surface area contributed by atoms with Crippen LogP contribution in [0.3, 0.4) is 0 Å². The zero-order valence-corrected chi connectivity index (χ0v) is 13.2. The van der Waals surface area contributed by atoms with E-state index >= 15 is 0 Å². The standard InChI is InChI=1S/C16H23ClN2O2/c1-3-4-5-14(19-8-6-18-7-9-19)12-10-13(17)16(20)15(11-12)21-2/h3,10-11,14,18,20H,1,4-9H2,2H3/t14-/m1/s1. The molecule has 5 heteroatoms. The van der Waals surface area contributed by atoms with E-state index in [1.165, 1.54) is 0 Å². The van der Waals surface area contributed by atoms with Gasteiger partial charge in [-0.3, -0.25) is 4.90 Å². The third-order valence-electron chi connectivity index (χ3n) is 3.89. The number of ether oxygens (including phenoxy) is 1. The van der Waals surface area contributed by atoms with E-state index in [1.807, 2.05) is 18.2 Å². The lowest BCUT2D eigenvalue weighted by Gasteiger charge is -2.35. The molecule has 1 aliphatic heterocycles. The van der Waals surface area contributed by atoms with Crippen LogP contribution < -0.4 is 10.1 Å². The molecule has 0 saturated carbocycles. The molecule has 0 amide bonds. The van der Waals surface area contributed by atoms with E-state index in [-0.39, 0.29) is 11.8 Å². The quantitative estimate of drug-likeness (QED) is 0.793. The van der Waals surface area contributed by atoms with Gasteiger partial charge in [-0.1, -0.05) is 17.7 Å². The van der Waals surface area contributed by atoms with E-state index in [9.17, 15) is 5.11 Å². The molecule has 1 atom stereocenters. The Balaban J connectivity index is 2.30. The number of nitrogens with zero attached hydrogens (tertiary/aromatic N) is 1. The third kappa shape index (κ3) is 3.90. The molecule has 0 radical (unpaired) electrons. The van der Waals surface area contributed by atoms with Crippen LogP contribution in [0.25, 0.3) is 0 Å². The Labute approximate surface area is 131 Å². The first kappa shape index (κ1) is 16.1. The van der Waals surface area contributed by atoms with Gasteiger partial charge in [-0.2, -0.15) is 0 Å². The Morgan fingerprint density at radius 1 is 1.48 bits per heavy atom. The van der Waals surface area contributed by atoms with E-state index < -0.39 is 0 Å². The zero-order chi connectivity index (χ0) is 15.2. The molecule has 1 fully saturated rings. The average molecular weight is 311 g/mol. The van der Waals surface area contributed by atoms with Crippen molar-refractivity contribution in [2.24, 2.45) is 0 Å². The van der Waals surface area contributed by atoms with E-state index in [0.29, 0.717) is 10.8 Å². The fourth-order valence-corrected chi connectivity index (χ4v) is 2.99. The van der Waals surface area contributed by atoms with Crippen molar-refractivity contribution in [1.29, 1.82) is 0 Å². The average Bonchev–Trinajstić information content (AvgIpc) is 2.52. The maximum Gasteiger partial charge on any atom is 0.176 e. The van der Waals surface area contributed by atoms with E-state index in [4.69, 9.17) is 16.3 Å². The Morgan fingerprint density at radius 2 is 2.19 bits per heavy atom. The van der Waals surface area contributed by atoms with Crippen LogP contribution in [0.1, 0.15) is 24.4 Å². The summed E-state index contributed by atoms with van der Waals surface area (Å²) in [4.78, 5) is 2.45. The summed E-state index contributed by atoms with van der Waals surface area (Å²) in [6.07, 6.45) is 3.86. The zero-order valence-electron chi connectivity index (χ0n) is 12.4. The van der Waals surface area contributed by atoms with Crippen LogP contribution >= 0.6 is 11.6 Å². The van der Waals surface area contributed by atoms with Gasteiger partial charge in [0, 0.05) is 32.2 Å². The van der Waals surface area contributed by atoms with Crippen LogP contribution in [0.15, 0.2) is 24.8 Å². The molecule has 1 aromatic carbocycles. The highest BCUT2D eigenvalue weighted by atomic mass is 35.5. The van der Waals surface area contributed by atoms with Gasteiger partial charge in [0.2, 0.25) is 0 Å². The minimum Gasteiger partial charge on any atom is -0.503 e. The number of rotatable bonds is 6. The predicted octanol–water partition coefficient (Wildman–Crippen LogP) is 2.97. The summed E-state index contributed by atoms with van der Waals surface area (Å²) in [6.45, 7) is 7.81. The number of halogens is 1. The number of aromatic hydroxyl groups is 1. The molecule has 4 nitrogen and oxygen atoms in total. The molecule has 0 aromatic heterocycles. The molecule has 1 aromatic rings. The first-order valence-electron chi connectivity index (χ1n) is 7.29. The Morgan fingerprint density at radius 3 is 2.81 bits per heavy atom. The summed E-state index contributed by atoms with van der Waals surface area (Å²) >= 11 is 6.13. The third-order valence-corrected chi connectivity index (χ3v) is 4.18. The second kappa shape index (κ2) is 7.69. The number of hydrogen-bond acceptors (Lipinski definition) is 4. The smallest absolute Gasteiger partial charge is 0.176 e. The highest BCUT2D eigenvalue weighted by Crippen LogP contribution is 2.39. The van der Waals surface area contributed by atoms with Crippen molar-refractivity contribution in [3.05, 3.63) is 35.4 Å². The molecule has 116 valence electrons. The van der Waals surface area contributed by atoms with Crippen molar-refractivity contribution in [3.63, 3.8) is 0 Å². The summed E-state index contributed by atoms with van der Waals surface area (Å²) < 4.78 is 5.22. The molecule has 0 spiro atoms. The molecule has 0 unspecified atom stereocenters. The molecule has 21 heavy (non-hydrogen) atoms. The minimum absolute atomic E-state index is 0.00528. The SMILES string of the molecule is C=CCC[C@H](c1cc(Cl)c(O)c(OC)c1)N1CCNCC1. The van der Waals surface area contributed by atoms with E-state index in [1.54, 1.807) is 7.11 Å². The normalized spacial score (nSPS) is 17.4. The van der Waals surface area contributed by atoms with Crippen LogP contribution in [0.5, 0.6) is 11.5 Å². The Bertz CT molecular complexity index is 487. The van der Waals surface area contributed by atoms with Gasteiger partial charge in [0.15, 0.2) is 11.5 Å². The van der Waals surface area contributed by atoms with Gasteiger partial charge >= 0.3 is 0 Å². The lowest BCUT2D eigenvalue weighted by atomic mass is 9.99. The number of methoxy groups -OCH3 is 1. The van der Waals surface area contributed by atoms with Gasteiger partial charge < -0.3 is 15.2 Å². The molecule has 1 heterocycles. The summed E-state index contributed by atoms with van der Waals surface area (Å²) in [5.41, 5.74) is 1.08. The summed E-state index contributed by atoms with van der Waals surface area (Å²) in [5, 5.41) is 13.6. The molecule has 0 aliphatic carbocycles. The summed E-state index contributed by atoms with van der Waals surface area (Å²) in [6, 6.07) is 3.99. The Hall–Kier alpha value is -1.23. The van der Waals surface area contributed by atoms with Crippen molar-refractivity contribution in [2.45, 2.75) is 18.9 Å². The maximum absolute atomic E-state index is 9.89. The summed E-state index contributed by atoms with van der Waals surface area (Å²) in [5.74, 6) is 0.432. The van der Waals surface area contributed by atoms with Crippen LogP contribution in [0.4, 0.5) is 0 Å². The molecule has 2 N–H and O–H groups in total. The number of piperazine rings is 1. The molecule has 0 bridgehead atoms. The van der Waals surface area contributed by atoms with Crippen molar-refractivity contribution in [3.8, 4) is 11.5 Å². The number of nitrogens with one attached hydrogen (secondary N) is 1. The molecular weight excluding hydrogens is 288 g/mol. The van der Waals surface area contributed by atoms with E-state index in [2.05, 4.69) is 16.8 Å². The molecule has 2 rings (SSSR count). The van der Waals surface area contributed by atoms with E-state index in [0.717, 1.165) is 44.6 Å². The van der Waals surface area contributed by atoms with Gasteiger partial charge in [-0.05, 0) is 30.5 Å². The first-order valence-corrected chi connectivity index (χ1v) is 7.67. The number of hydrogen-bond donors (Lipinski definition) is 2. The Kier molecular flexibility index (Phi) is 5.91. The topological polar surface area (TPSA) is 44.7 Å². The molecule has 1 saturated heterocycles. The van der Waals surface area contributed by atoms with Crippen molar-refractivity contribution in [1.82, 2.24) is 10.2 Å². The summed E-state index contributed by atoms with van der Waals surface area (Å²) in [7, 11) is 1.54. The monoisotopic (exact) mass is 310 g/mol. The highest BCUT2D eigenvalue weighted by molar-refractivity contribution is 6.32. The highest BCUT2D eigenvalue weighted by Gasteiger charge is 2.23. The molecule has 1 aliphatic rings. The fourth-order valence-electron chi connectivity index (χ4n) is 2.77. The van der Waals surface area contributed by atoms with Crippen LogP contribution in [-0.4, -0.2) is 43.3 Å². The lowest BCUT2D eigenvalue weighted by molar-refractivity contribution is 0.166. The minimum atomic E-state index is 0.00528. The van der Waals surface area contributed by atoms with Gasteiger partial charge in [-0.15, -0.1) is 6.58 Å². The fraction of sp³-hybridized carbons (Fsp3) is 0.500. The number of allylic oxidation sites excluding steroid dienone is 1. The number of phenolic OH excluding ortho intramolecular Hbond substituents is 1. The van der Waals surface area contributed by atoms with Crippen molar-refractivity contribution < 1.29 is 9.84 Å². The lowest BCUT2D eigenvalue weighted by Crippen LogP contribution is -2.45. The van der Waals surface area contributed by atoms with Crippen LogP contribution in [0.2, 0.25) is 5.02 Å². The van der Waals surface area contributed by atoms with Crippen LogP contribution in [0, 0.1) is 0 Å². The van der Waals surface area contributed by atoms with Gasteiger partial charge in [0.1, 0.15) is 0 Å². The van der Waals surface area contributed by atoms with Gasteiger partial charge in [0.05, 0.1) is 12.1 Å².